The zero-order valence-corrected chi connectivity index (χ0v) is 27.2. The third-order valence-electron chi connectivity index (χ3n) is 10.6. The van der Waals surface area contributed by atoms with Crippen molar-refractivity contribution in [1.82, 2.24) is 15.1 Å². The molecule has 12 nitrogen and oxygen atoms in total. The van der Waals surface area contributed by atoms with Crippen LogP contribution in [0.15, 0.2) is 35.2 Å². The van der Waals surface area contributed by atoms with Crippen LogP contribution in [0.3, 0.4) is 0 Å². The Morgan fingerprint density at radius 1 is 0.872 bits per heavy atom. The minimum Gasteiger partial charge on any atom is -0.385 e. The van der Waals surface area contributed by atoms with E-state index in [1.807, 2.05) is 6.07 Å². The van der Waals surface area contributed by atoms with Crippen LogP contribution in [0.4, 0.5) is 15.8 Å². The van der Waals surface area contributed by atoms with Crippen LogP contribution in [0.1, 0.15) is 63.6 Å². The molecule has 5 atom stereocenters. The largest absolute Gasteiger partial charge is 0.385 e. The van der Waals surface area contributed by atoms with Gasteiger partial charge in [0.25, 0.3) is 11.8 Å². The fraction of sp³-hybridized carbons (Fsp3) is 0.576. The van der Waals surface area contributed by atoms with E-state index in [2.05, 4.69) is 20.0 Å². The van der Waals surface area contributed by atoms with E-state index in [1.165, 1.54) is 6.07 Å². The van der Waals surface area contributed by atoms with Gasteiger partial charge in [-0.3, -0.25) is 24.7 Å². The third kappa shape index (κ3) is 5.82. The van der Waals surface area contributed by atoms with Gasteiger partial charge in [0.15, 0.2) is 9.84 Å². The van der Waals surface area contributed by atoms with Gasteiger partial charge >= 0.3 is 0 Å². The van der Waals surface area contributed by atoms with Crippen molar-refractivity contribution in [3.8, 4) is 0 Å². The van der Waals surface area contributed by atoms with Gasteiger partial charge in [-0.1, -0.05) is 6.07 Å². The highest BCUT2D eigenvalue weighted by atomic mass is 32.2. The number of nitrogens with zero attached hydrogens (tertiary/aromatic N) is 4. The first-order valence-electron chi connectivity index (χ1n) is 16.5. The standard InChI is InChI=1S/C33H42FN5O7S/c1-47(45,46)26-7-5-23(21-17-22(34)30(41)29(21)26)37-11-9-19(10-12-37)18-36-13-15-38(16-14-36)24-4-2-3-20-28(24)33(44)39(32(20)43)25-6-8-27(40)35-31(25)42/h2-5,7,19,22,25,27,30-31,35,40-42H,6,8-18H2,1H3/t22-,25?,27?,30+,31?/m0/s1. The highest BCUT2D eigenvalue weighted by Gasteiger charge is 2.46. The average Bonchev–Trinajstić information content (AvgIpc) is 3.48. The number of alkyl halides is 1. The molecule has 4 N–H and O–H groups in total. The number of piperazine rings is 1. The zero-order chi connectivity index (χ0) is 33.2. The molecule has 47 heavy (non-hydrogen) atoms. The van der Waals surface area contributed by atoms with E-state index in [1.54, 1.807) is 18.2 Å². The number of sulfone groups is 1. The number of nitrogens with one attached hydrogen (secondary N) is 1. The molecule has 2 aromatic carbocycles. The SMILES string of the molecule is CS(=O)(=O)c1ccc(N2CCC(CN3CCN(c4cccc5c4C(=O)N(C4CCC(O)NC4O)C5=O)CC3)CC2)c2c1[C@H](O)[C@@H](F)C2. The Bertz CT molecular complexity index is 1680. The number of carbonyl (C=O) groups excluding carboxylic acids is 2. The Morgan fingerprint density at radius 2 is 1.57 bits per heavy atom. The van der Waals surface area contributed by atoms with E-state index in [0.717, 1.165) is 68.1 Å². The number of benzene rings is 2. The summed E-state index contributed by atoms with van der Waals surface area (Å²) in [6.45, 7) is 5.44. The number of fused-ring (bicyclic) bond motifs is 2. The summed E-state index contributed by atoms with van der Waals surface area (Å²) in [4.78, 5) is 34.8. The minimum atomic E-state index is -3.60. The molecule has 4 heterocycles. The molecule has 2 amide bonds. The summed E-state index contributed by atoms with van der Waals surface area (Å²) in [7, 11) is -3.60. The lowest BCUT2D eigenvalue weighted by atomic mass is 9.94. The van der Waals surface area contributed by atoms with Gasteiger partial charge in [-0.2, -0.15) is 0 Å². The van der Waals surface area contributed by atoms with Gasteiger partial charge < -0.3 is 25.1 Å². The van der Waals surface area contributed by atoms with Gasteiger partial charge in [0, 0.05) is 69.7 Å². The number of anilines is 2. The van der Waals surface area contributed by atoms with Gasteiger partial charge in [-0.15, -0.1) is 0 Å². The summed E-state index contributed by atoms with van der Waals surface area (Å²) in [5, 5.41) is 33.4. The lowest BCUT2D eigenvalue weighted by molar-refractivity contribution is -0.0413. The summed E-state index contributed by atoms with van der Waals surface area (Å²) in [6, 6.07) is 7.84. The van der Waals surface area contributed by atoms with Crippen molar-refractivity contribution in [2.75, 3.05) is 61.9 Å². The molecule has 3 saturated heterocycles. The molecular formula is C33H42FN5O7S. The molecule has 0 radical (unpaired) electrons. The maximum atomic E-state index is 14.6. The second-order valence-electron chi connectivity index (χ2n) is 13.6. The second kappa shape index (κ2) is 12.4. The van der Waals surface area contributed by atoms with Gasteiger partial charge in [0.1, 0.15) is 24.7 Å². The monoisotopic (exact) mass is 671 g/mol. The molecular weight excluding hydrogens is 629 g/mol. The molecule has 14 heteroatoms. The van der Waals surface area contributed by atoms with Gasteiger partial charge in [-0.25, -0.2) is 12.8 Å². The smallest absolute Gasteiger partial charge is 0.264 e. The Labute approximate surface area is 273 Å². The first-order chi connectivity index (χ1) is 22.4. The molecule has 7 rings (SSSR count). The van der Waals surface area contributed by atoms with Crippen LogP contribution in [-0.4, -0.2) is 122 Å². The molecule has 3 unspecified atom stereocenters. The van der Waals surface area contributed by atoms with E-state index in [-0.39, 0.29) is 16.9 Å². The quantitative estimate of drug-likeness (QED) is 0.326. The van der Waals surface area contributed by atoms with Crippen LogP contribution in [0, 0.1) is 5.92 Å². The number of hydrogen-bond donors (Lipinski definition) is 4. The number of halogens is 1. The number of aliphatic hydroxyl groups excluding tert-OH is 3. The number of hydrogen-bond acceptors (Lipinski definition) is 11. The first-order valence-corrected chi connectivity index (χ1v) is 18.3. The summed E-state index contributed by atoms with van der Waals surface area (Å²) in [5.41, 5.74) is 3.07. The van der Waals surface area contributed by atoms with Crippen LogP contribution < -0.4 is 15.1 Å². The van der Waals surface area contributed by atoms with Gasteiger partial charge in [0.05, 0.1) is 27.8 Å². The molecule has 1 aliphatic carbocycles. The van der Waals surface area contributed by atoms with Crippen LogP contribution in [0.25, 0.3) is 0 Å². The fourth-order valence-corrected chi connectivity index (χ4v) is 9.13. The molecule has 254 valence electrons. The Balaban J connectivity index is 0.965. The highest BCUT2D eigenvalue weighted by Crippen LogP contribution is 2.43. The van der Waals surface area contributed by atoms with Crippen LogP contribution in [0.5, 0.6) is 0 Å². The number of carbonyl (C=O) groups is 2. The van der Waals surface area contributed by atoms with E-state index >= 15 is 0 Å². The summed E-state index contributed by atoms with van der Waals surface area (Å²) in [6.07, 6.45) is -1.43. The van der Waals surface area contributed by atoms with Crippen molar-refractivity contribution in [1.29, 1.82) is 0 Å². The van der Waals surface area contributed by atoms with Gasteiger partial charge in [-0.05, 0) is 61.4 Å². The van der Waals surface area contributed by atoms with Crippen molar-refractivity contribution in [2.45, 2.75) is 67.8 Å². The highest BCUT2D eigenvalue weighted by molar-refractivity contribution is 7.90. The molecule has 0 saturated carbocycles. The van der Waals surface area contributed by atoms with Crippen molar-refractivity contribution >= 4 is 33.0 Å². The third-order valence-corrected chi connectivity index (χ3v) is 11.8. The van der Waals surface area contributed by atoms with Crippen molar-refractivity contribution in [2.24, 2.45) is 5.92 Å². The van der Waals surface area contributed by atoms with Crippen LogP contribution in [-0.2, 0) is 16.3 Å². The fourth-order valence-electron chi connectivity index (χ4n) is 8.17. The molecule has 0 aromatic heterocycles. The minimum absolute atomic E-state index is 0.00564. The van der Waals surface area contributed by atoms with Crippen LogP contribution in [0.2, 0.25) is 0 Å². The number of piperidine rings is 2. The zero-order valence-electron chi connectivity index (χ0n) is 26.4. The number of amides is 2. The predicted molar refractivity (Wildman–Crippen MR) is 172 cm³/mol. The summed E-state index contributed by atoms with van der Waals surface area (Å²) < 4.78 is 39.2. The lowest BCUT2D eigenvalue weighted by Crippen LogP contribution is -2.58. The van der Waals surface area contributed by atoms with E-state index in [4.69, 9.17) is 0 Å². The first kappa shape index (κ1) is 32.4. The molecule has 2 aromatic rings. The predicted octanol–water partition coefficient (Wildman–Crippen LogP) is 1.04. The molecule has 5 aliphatic rings. The maximum Gasteiger partial charge on any atom is 0.264 e. The van der Waals surface area contributed by atoms with E-state index in [0.29, 0.717) is 48.5 Å². The summed E-state index contributed by atoms with van der Waals surface area (Å²) in [5.74, 6) is -0.371. The van der Waals surface area contributed by atoms with Gasteiger partial charge in [0.2, 0.25) is 0 Å². The number of aliphatic hydroxyl groups is 3. The van der Waals surface area contributed by atoms with E-state index in [9.17, 15) is 37.7 Å². The molecule has 0 bridgehead atoms. The average molecular weight is 672 g/mol. The normalized spacial score (nSPS) is 29.0. The Hall–Kier alpha value is -3.14. The summed E-state index contributed by atoms with van der Waals surface area (Å²) >= 11 is 0. The van der Waals surface area contributed by atoms with Crippen molar-refractivity contribution < 1.29 is 37.7 Å². The maximum absolute atomic E-state index is 14.6. The lowest BCUT2D eigenvalue weighted by Gasteiger charge is -2.40. The molecule has 0 spiro atoms. The van der Waals surface area contributed by atoms with Crippen LogP contribution >= 0.6 is 0 Å². The topological polar surface area (TPSA) is 154 Å². The number of rotatable bonds is 6. The Kier molecular flexibility index (Phi) is 8.54. The molecule has 4 aliphatic heterocycles. The second-order valence-corrected chi connectivity index (χ2v) is 15.6. The molecule has 3 fully saturated rings. The Morgan fingerprint density at radius 3 is 2.26 bits per heavy atom. The van der Waals surface area contributed by atoms with E-state index < -0.39 is 52.4 Å². The van der Waals surface area contributed by atoms with Crippen molar-refractivity contribution in [3.05, 3.63) is 52.6 Å². The van der Waals surface area contributed by atoms with Crippen molar-refractivity contribution in [3.63, 3.8) is 0 Å². The number of imide groups is 1.